The van der Waals surface area contributed by atoms with E-state index < -0.39 is 10.1 Å². The first kappa shape index (κ1) is 26.7. The Morgan fingerprint density at radius 2 is 1.64 bits per heavy atom. The Morgan fingerprint density at radius 3 is 2.19 bits per heavy atom. The molecular weight excluding hydrogens is 482 g/mol. The average Bonchev–Trinajstić information content (AvgIpc) is 2.79. The molecule has 8 nitrogen and oxygen atoms in total. The third kappa shape index (κ3) is 6.23. The molecular formula is C27H29NO7S. The molecule has 0 heterocycles. The van der Waals surface area contributed by atoms with Gasteiger partial charge in [0.1, 0.15) is 12.4 Å². The molecule has 0 aliphatic heterocycles. The molecule has 0 aliphatic carbocycles. The van der Waals surface area contributed by atoms with Gasteiger partial charge in [-0.1, -0.05) is 29.8 Å². The molecule has 0 N–H and O–H groups in total. The van der Waals surface area contributed by atoms with Crippen LogP contribution in [0.3, 0.4) is 0 Å². The molecule has 0 saturated carbocycles. The number of nitro benzene ring substituents is 1. The lowest BCUT2D eigenvalue weighted by atomic mass is 9.89. The van der Waals surface area contributed by atoms with E-state index in [4.69, 9.17) is 13.7 Å². The minimum absolute atomic E-state index is 0.0123. The Bertz CT molecular complexity index is 1420. The van der Waals surface area contributed by atoms with Crippen molar-refractivity contribution in [3.8, 4) is 39.5 Å². The van der Waals surface area contributed by atoms with Gasteiger partial charge in [-0.2, -0.15) is 8.42 Å². The van der Waals surface area contributed by atoms with Crippen molar-refractivity contribution in [2.75, 3.05) is 20.0 Å². The second-order valence-corrected chi connectivity index (χ2v) is 10.2. The number of nitrogens with zero attached hydrogens (tertiary/aromatic N) is 1. The molecule has 0 unspecified atom stereocenters. The van der Waals surface area contributed by atoms with Gasteiger partial charge < -0.3 is 13.7 Å². The fraction of sp³-hybridized carbons (Fsp3) is 0.259. The maximum absolute atomic E-state index is 12.2. The summed E-state index contributed by atoms with van der Waals surface area (Å²) in [6.45, 7) is 7.87. The monoisotopic (exact) mass is 511 g/mol. The first-order valence-corrected chi connectivity index (χ1v) is 13.0. The minimum atomic E-state index is -3.65. The van der Waals surface area contributed by atoms with Crippen LogP contribution in [-0.4, -0.2) is 33.3 Å². The van der Waals surface area contributed by atoms with Crippen LogP contribution in [0.4, 0.5) is 5.69 Å². The molecule has 0 aliphatic rings. The topological polar surface area (TPSA) is 105 Å². The van der Waals surface area contributed by atoms with Crippen molar-refractivity contribution >= 4 is 15.8 Å². The van der Waals surface area contributed by atoms with Gasteiger partial charge in [-0.05, 0) is 80.3 Å². The highest BCUT2D eigenvalue weighted by molar-refractivity contribution is 7.86. The zero-order valence-corrected chi connectivity index (χ0v) is 21.9. The van der Waals surface area contributed by atoms with Crippen molar-refractivity contribution in [1.82, 2.24) is 0 Å². The molecule has 0 spiro atoms. The summed E-state index contributed by atoms with van der Waals surface area (Å²) in [7, 11) is -2.13. The van der Waals surface area contributed by atoms with Gasteiger partial charge in [0, 0.05) is 5.56 Å². The van der Waals surface area contributed by atoms with Crippen LogP contribution in [0.25, 0.3) is 22.3 Å². The molecule has 190 valence electrons. The fourth-order valence-corrected chi connectivity index (χ4v) is 4.36. The summed E-state index contributed by atoms with van der Waals surface area (Å²) in [6, 6.07) is 13.5. The highest BCUT2D eigenvalue weighted by atomic mass is 32.2. The Balaban J connectivity index is 2.08. The SMILES string of the molecule is COc1cc(-c2c(C)cc(-c3ccc(OS(C)(=O)=O)cc3)c(C)c2[N+](=O)[O-])ccc1OCC=C(C)C. The van der Waals surface area contributed by atoms with Crippen molar-refractivity contribution in [2.24, 2.45) is 0 Å². The maximum atomic E-state index is 12.2. The lowest BCUT2D eigenvalue weighted by Gasteiger charge is -2.16. The predicted molar refractivity (Wildman–Crippen MR) is 140 cm³/mol. The molecule has 0 aromatic heterocycles. The molecule has 0 bridgehead atoms. The first-order valence-electron chi connectivity index (χ1n) is 11.1. The van der Waals surface area contributed by atoms with Crippen LogP contribution in [0.2, 0.25) is 0 Å². The second kappa shape index (κ2) is 10.8. The summed E-state index contributed by atoms with van der Waals surface area (Å²) in [6.07, 6.45) is 2.91. The van der Waals surface area contributed by atoms with E-state index in [2.05, 4.69) is 0 Å². The molecule has 0 radical (unpaired) electrons. The summed E-state index contributed by atoms with van der Waals surface area (Å²) in [4.78, 5) is 11.9. The minimum Gasteiger partial charge on any atom is -0.493 e. The van der Waals surface area contributed by atoms with Crippen molar-refractivity contribution < 1.29 is 27.0 Å². The van der Waals surface area contributed by atoms with Crippen LogP contribution >= 0.6 is 0 Å². The molecule has 3 rings (SSSR count). The second-order valence-electron chi connectivity index (χ2n) is 8.62. The Morgan fingerprint density at radius 1 is 1.00 bits per heavy atom. The number of allylic oxidation sites excluding steroid dienone is 1. The van der Waals surface area contributed by atoms with E-state index in [0.29, 0.717) is 51.5 Å². The Labute approximate surface area is 211 Å². The average molecular weight is 512 g/mol. The van der Waals surface area contributed by atoms with Crippen molar-refractivity contribution in [2.45, 2.75) is 27.7 Å². The summed E-state index contributed by atoms with van der Waals surface area (Å²) in [5, 5.41) is 12.2. The van der Waals surface area contributed by atoms with Crippen LogP contribution in [0.5, 0.6) is 17.2 Å². The van der Waals surface area contributed by atoms with Gasteiger partial charge in [-0.15, -0.1) is 0 Å². The lowest BCUT2D eigenvalue weighted by molar-refractivity contribution is -0.384. The van der Waals surface area contributed by atoms with E-state index in [-0.39, 0.29) is 16.4 Å². The summed E-state index contributed by atoms with van der Waals surface area (Å²) >= 11 is 0. The predicted octanol–water partition coefficient (Wildman–Crippen LogP) is 6.24. The molecule has 0 atom stereocenters. The number of hydrogen-bond donors (Lipinski definition) is 0. The van der Waals surface area contributed by atoms with Gasteiger partial charge in [-0.3, -0.25) is 10.1 Å². The summed E-state index contributed by atoms with van der Waals surface area (Å²) in [5.41, 5.74) is 4.81. The van der Waals surface area contributed by atoms with Crippen LogP contribution in [0.15, 0.2) is 60.2 Å². The number of benzene rings is 3. The molecule has 0 amide bonds. The zero-order chi connectivity index (χ0) is 26.6. The fourth-order valence-electron chi connectivity index (χ4n) is 3.90. The van der Waals surface area contributed by atoms with Gasteiger partial charge >= 0.3 is 10.1 Å². The van der Waals surface area contributed by atoms with E-state index in [1.807, 2.05) is 32.9 Å². The molecule has 9 heteroatoms. The zero-order valence-electron chi connectivity index (χ0n) is 21.1. The molecule has 3 aromatic rings. The summed E-state index contributed by atoms with van der Waals surface area (Å²) < 4.78 is 38.9. The van der Waals surface area contributed by atoms with Gasteiger partial charge in [0.05, 0.1) is 23.9 Å². The van der Waals surface area contributed by atoms with E-state index in [1.165, 1.54) is 19.2 Å². The summed E-state index contributed by atoms with van der Waals surface area (Å²) in [5.74, 6) is 1.19. The van der Waals surface area contributed by atoms with Crippen LogP contribution < -0.4 is 13.7 Å². The van der Waals surface area contributed by atoms with Gasteiger partial charge in [0.2, 0.25) is 0 Å². The number of rotatable bonds is 9. The first-order chi connectivity index (χ1) is 16.9. The highest BCUT2D eigenvalue weighted by Crippen LogP contribution is 2.43. The van der Waals surface area contributed by atoms with E-state index >= 15 is 0 Å². The lowest BCUT2D eigenvalue weighted by Crippen LogP contribution is -2.05. The third-order valence-electron chi connectivity index (χ3n) is 5.53. The highest BCUT2D eigenvalue weighted by Gasteiger charge is 2.25. The molecule has 3 aromatic carbocycles. The number of aryl methyl sites for hydroxylation is 1. The van der Waals surface area contributed by atoms with E-state index in [1.54, 1.807) is 37.3 Å². The number of ether oxygens (including phenoxy) is 2. The largest absolute Gasteiger partial charge is 0.493 e. The van der Waals surface area contributed by atoms with Crippen LogP contribution in [0.1, 0.15) is 25.0 Å². The number of methoxy groups -OCH3 is 1. The smallest absolute Gasteiger partial charge is 0.306 e. The quantitative estimate of drug-likeness (QED) is 0.145. The van der Waals surface area contributed by atoms with Crippen molar-refractivity contribution in [3.05, 3.63) is 81.4 Å². The van der Waals surface area contributed by atoms with Crippen molar-refractivity contribution in [1.29, 1.82) is 0 Å². The maximum Gasteiger partial charge on any atom is 0.306 e. The standard InChI is InChI=1S/C27H29NO7S/c1-17(2)13-14-34-24-12-9-21(16-25(24)33-5)26-18(3)15-23(19(4)27(26)28(29)30)20-7-10-22(11-8-20)35-36(6,31)32/h7-13,15-16H,14H2,1-6H3. The Kier molecular flexibility index (Phi) is 8.04. The number of hydrogen-bond acceptors (Lipinski definition) is 7. The van der Waals surface area contributed by atoms with Crippen LogP contribution in [-0.2, 0) is 10.1 Å². The Hall–Kier alpha value is -3.85. The molecule has 0 saturated heterocycles. The van der Waals surface area contributed by atoms with E-state index in [9.17, 15) is 18.5 Å². The van der Waals surface area contributed by atoms with Gasteiger partial charge in [0.25, 0.3) is 5.69 Å². The van der Waals surface area contributed by atoms with Gasteiger partial charge in [0.15, 0.2) is 11.5 Å². The normalized spacial score (nSPS) is 11.1. The van der Waals surface area contributed by atoms with Crippen molar-refractivity contribution in [3.63, 3.8) is 0 Å². The molecule has 0 fully saturated rings. The van der Waals surface area contributed by atoms with Crippen LogP contribution in [0, 0.1) is 24.0 Å². The van der Waals surface area contributed by atoms with Gasteiger partial charge in [-0.25, -0.2) is 0 Å². The molecule has 36 heavy (non-hydrogen) atoms. The number of nitro groups is 1. The third-order valence-corrected chi connectivity index (χ3v) is 6.02. The van der Waals surface area contributed by atoms with E-state index in [0.717, 1.165) is 11.8 Å².